The third-order valence-electron chi connectivity index (χ3n) is 3.21. The number of hydrogen-bond acceptors (Lipinski definition) is 1. The summed E-state index contributed by atoms with van der Waals surface area (Å²) in [6.07, 6.45) is 1.96. The number of benzene rings is 1. The van der Waals surface area contributed by atoms with Crippen LogP contribution in [0.15, 0.2) is 36.7 Å². The van der Waals surface area contributed by atoms with Gasteiger partial charge in [-0.3, -0.25) is 4.79 Å². The Morgan fingerprint density at radius 2 is 1.83 bits per heavy atom. The van der Waals surface area contributed by atoms with Crippen molar-refractivity contribution in [3.05, 3.63) is 53.6 Å². The maximum absolute atomic E-state index is 12.1. The number of aromatic nitrogens is 2. The zero-order valence-electron chi connectivity index (χ0n) is 10.9. The summed E-state index contributed by atoms with van der Waals surface area (Å²) >= 11 is 0. The molecule has 0 saturated heterocycles. The number of ketones is 1. The molecule has 0 radical (unpaired) electrons. The third-order valence-corrected chi connectivity index (χ3v) is 3.21. The highest BCUT2D eigenvalue weighted by atomic mass is 35.5. The molecule has 1 heterocycles. The van der Waals surface area contributed by atoms with Gasteiger partial charge in [-0.2, -0.15) is 0 Å². The Balaban J connectivity index is 0.00000162. The molecule has 0 saturated carbocycles. The highest BCUT2D eigenvalue weighted by Crippen LogP contribution is 2.06. The van der Waals surface area contributed by atoms with Crippen LogP contribution < -0.4 is 17.0 Å². The quantitative estimate of drug-likeness (QED) is 0.506. The molecular formula is C14H17ClN2O. The largest absolute Gasteiger partial charge is 1.00 e. The monoisotopic (exact) mass is 264 g/mol. The van der Waals surface area contributed by atoms with Crippen LogP contribution >= 0.6 is 0 Å². The van der Waals surface area contributed by atoms with Crippen molar-refractivity contribution in [3.63, 3.8) is 0 Å². The molecule has 2 aromatic rings. The van der Waals surface area contributed by atoms with E-state index in [0.717, 1.165) is 11.3 Å². The fourth-order valence-electron chi connectivity index (χ4n) is 1.87. The molecule has 2 rings (SSSR count). The first-order valence-electron chi connectivity index (χ1n) is 5.70. The lowest BCUT2D eigenvalue weighted by atomic mass is 10.1. The minimum Gasteiger partial charge on any atom is -1.00 e. The number of hydrogen-bond donors (Lipinski definition) is 0. The zero-order chi connectivity index (χ0) is 12.4. The summed E-state index contributed by atoms with van der Waals surface area (Å²) in [4.78, 5) is 12.1. The van der Waals surface area contributed by atoms with E-state index in [-0.39, 0.29) is 18.2 Å². The minimum atomic E-state index is 0. The third kappa shape index (κ3) is 2.79. The second-order valence-electron chi connectivity index (χ2n) is 4.31. The summed E-state index contributed by atoms with van der Waals surface area (Å²) in [7, 11) is 1.99. The average Bonchev–Trinajstić information content (AvgIpc) is 2.58. The topological polar surface area (TPSA) is 25.9 Å². The van der Waals surface area contributed by atoms with Gasteiger partial charge in [0.25, 0.3) is 0 Å². The first-order chi connectivity index (χ1) is 8.09. The first kappa shape index (κ1) is 14.5. The highest BCUT2D eigenvalue weighted by Gasteiger charge is 2.16. The summed E-state index contributed by atoms with van der Waals surface area (Å²) in [5, 5.41) is 0. The Morgan fingerprint density at radius 3 is 2.33 bits per heavy atom. The van der Waals surface area contributed by atoms with Crippen LogP contribution in [0.4, 0.5) is 0 Å². The number of rotatable bonds is 3. The molecule has 3 nitrogen and oxygen atoms in total. The van der Waals surface area contributed by atoms with Gasteiger partial charge < -0.3 is 12.4 Å². The summed E-state index contributed by atoms with van der Waals surface area (Å²) < 4.78 is 4.03. The van der Waals surface area contributed by atoms with Crippen LogP contribution in [0.25, 0.3) is 0 Å². The fourth-order valence-corrected chi connectivity index (χ4v) is 1.87. The Labute approximate surface area is 113 Å². The van der Waals surface area contributed by atoms with E-state index in [1.807, 2.05) is 59.8 Å². The molecule has 1 aromatic heterocycles. The fraction of sp³-hybridized carbons (Fsp3) is 0.286. The second kappa shape index (κ2) is 5.83. The molecular weight excluding hydrogens is 248 g/mol. The van der Waals surface area contributed by atoms with Crippen molar-refractivity contribution in [2.75, 3.05) is 0 Å². The van der Waals surface area contributed by atoms with E-state index in [4.69, 9.17) is 0 Å². The van der Waals surface area contributed by atoms with Gasteiger partial charge in [-0.1, -0.05) is 30.3 Å². The van der Waals surface area contributed by atoms with Gasteiger partial charge in [0.05, 0.1) is 7.05 Å². The number of carbonyl (C=O) groups excluding carboxylic acids is 1. The minimum absolute atomic E-state index is 0. The van der Waals surface area contributed by atoms with Crippen LogP contribution in [0, 0.1) is 13.8 Å². The smallest absolute Gasteiger partial charge is 0.244 e. The van der Waals surface area contributed by atoms with Crippen LogP contribution in [0.3, 0.4) is 0 Å². The van der Waals surface area contributed by atoms with Crippen molar-refractivity contribution in [3.8, 4) is 0 Å². The predicted molar refractivity (Wildman–Crippen MR) is 65.9 cm³/mol. The number of imidazole rings is 1. The van der Waals surface area contributed by atoms with Crippen molar-refractivity contribution in [2.24, 2.45) is 7.05 Å². The van der Waals surface area contributed by atoms with Crippen LogP contribution in [-0.2, 0) is 13.6 Å². The molecule has 0 aliphatic rings. The maximum atomic E-state index is 12.1. The molecule has 0 aliphatic carbocycles. The zero-order valence-corrected chi connectivity index (χ0v) is 11.6. The van der Waals surface area contributed by atoms with Crippen LogP contribution in [0.5, 0.6) is 0 Å². The van der Waals surface area contributed by atoms with Gasteiger partial charge in [0.2, 0.25) is 12.1 Å². The molecule has 0 N–H and O–H groups in total. The van der Waals surface area contributed by atoms with E-state index in [9.17, 15) is 4.79 Å². The molecule has 0 amide bonds. The molecule has 0 atom stereocenters. The van der Waals surface area contributed by atoms with Gasteiger partial charge in [0.15, 0.2) is 6.54 Å². The van der Waals surface area contributed by atoms with Crippen molar-refractivity contribution in [2.45, 2.75) is 20.4 Å². The lowest BCUT2D eigenvalue weighted by Crippen LogP contribution is -3.00. The van der Waals surface area contributed by atoms with E-state index in [1.54, 1.807) is 0 Å². The highest BCUT2D eigenvalue weighted by molar-refractivity contribution is 5.95. The Kier molecular flexibility index (Phi) is 4.68. The van der Waals surface area contributed by atoms with E-state index in [0.29, 0.717) is 6.54 Å². The van der Waals surface area contributed by atoms with E-state index >= 15 is 0 Å². The lowest BCUT2D eigenvalue weighted by Gasteiger charge is -1.99. The van der Waals surface area contributed by atoms with Gasteiger partial charge in [0.1, 0.15) is 11.4 Å². The molecule has 0 spiro atoms. The van der Waals surface area contributed by atoms with Crippen molar-refractivity contribution in [1.29, 1.82) is 0 Å². The van der Waals surface area contributed by atoms with Gasteiger partial charge in [-0.15, -0.1) is 0 Å². The van der Waals surface area contributed by atoms with Crippen molar-refractivity contribution < 1.29 is 21.8 Å². The van der Waals surface area contributed by atoms with Crippen molar-refractivity contribution in [1.82, 2.24) is 4.57 Å². The van der Waals surface area contributed by atoms with Gasteiger partial charge >= 0.3 is 0 Å². The Bertz CT molecular complexity index is 546. The van der Waals surface area contributed by atoms with E-state index in [2.05, 4.69) is 6.92 Å². The maximum Gasteiger partial charge on any atom is 0.244 e. The van der Waals surface area contributed by atoms with Gasteiger partial charge in [-0.05, 0) is 0 Å². The molecule has 1 aromatic carbocycles. The SMILES string of the molecule is Cc1c(C)[n+](C)cn1CC(=O)c1ccccc1.[Cl-]. The van der Waals surface area contributed by atoms with Gasteiger partial charge in [-0.25, -0.2) is 9.13 Å². The Hall–Kier alpha value is -1.61. The standard InChI is InChI=1S/C14H17N2O.ClH/c1-11-12(2)16(10-15(11)3)9-14(17)13-7-5-4-6-8-13;/h4-8,10H,9H2,1-3H3;1H/q+1;/p-1. The Morgan fingerprint density at radius 1 is 1.22 bits per heavy atom. The van der Waals surface area contributed by atoms with E-state index < -0.39 is 0 Å². The molecule has 0 aliphatic heterocycles. The first-order valence-corrected chi connectivity index (χ1v) is 5.70. The molecule has 0 unspecified atom stereocenters. The number of halogens is 1. The molecule has 0 bridgehead atoms. The average molecular weight is 265 g/mol. The summed E-state index contributed by atoms with van der Waals surface area (Å²) in [6.45, 7) is 4.49. The summed E-state index contributed by atoms with van der Waals surface area (Å²) in [5.74, 6) is 0.143. The predicted octanol–water partition coefficient (Wildman–Crippen LogP) is -1.18. The number of Topliss-reactive ketones (excluding diaryl/α,β-unsaturated/α-hetero) is 1. The molecule has 4 heteroatoms. The molecule has 18 heavy (non-hydrogen) atoms. The van der Waals surface area contributed by atoms with Crippen LogP contribution in [0.1, 0.15) is 21.7 Å². The number of aryl methyl sites for hydroxylation is 1. The lowest BCUT2D eigenvalue weighted by molar-refractivity contribution is -0.677. The molecule has 96 valence electrons. The van der Waals surface area contributed by atoms with Crippen molar-refractivity contribution >= 4 is 5.78 Å². The van der Waals surface area contributed by atoms with E-state index in [1.165, 1.54) is 5.69 Å². The number of carbonyl (C=O) groups is 1. The summed E-state index contributed by atoms with van der Waals surface area (Å²) in [5.41, 5.74) is 3.09. The van der Waals surface area contributed by atoms with Gasteiger partial charge in [0, 0.05) is 19.4 Å². The van der Waals surface area contributed by atoms with Crippen LogP contribution in [0.2, 0.25) is 0 Å². The number of nitrogens with zero attached hydrogens (tertiary/aromatic N) is 2. The second-order valence-corrected chi connectivity index (χ2v) is 4.31. The normalized spacial score (nSPS) is 9.94. The van der Waals surface area contributed by atoms with Crippen LogP contribution in [-0.4, -0.2) is 10.4 Å². The summed E-state index contributed by atoms with van der Waals surface area (Å²) in [6, 6.07) is 9.41. The molecule has 0 fully saturated rings.